The van der Waals surface area contributed by atoms with E-state index in [0.717, 1.165) is 51.4 Å². The van der Waals surface area contributed by atoms with Gasteiger partial charge in [-0.05, 0) is 25.7 Å². The van der Waals surface area contributed by atoms with E-state index in [0.29, 0.717) is 0 Å². The number of hydrogen-bond donors (Lipinski definition) is 2. The maximum atomic E-state index is 12.5. The summed E-state index contributed by atoms with van der Waals surface area (Å²) in [5, 5.41) is 13.1. The lowest BCUT2D eigenvalue weighted by atomic mass is 9.94. The third-order valence-electron chi connectivity index (χ3n) is 5.21. The molecule has 1 aromatic heterocycles. The number of nitrogens with zero attached hydrogens (tertiary/aromatic N) is 1. The van der Waals surface area contributed by atoms with Gasteiger partial charge in [0.15, 0.2) is 0 Å². The molecule has 0 bridgehead atoms. The zero-order valence-electron chi connectivity index (χ0n) is 13.6. The van der Waals surface area contributed by atoms with Crippen molar-refractivity contribution < 1.29 is 9.90 Å². The molecule has 2 aliphatic carbocycles. The number of pyridine rings is 1. The molecular weight excluding hydrogens is 292 g/mol. The van der Waals surface area contributed by atoms with Gasteiger partial charge in [0, 0.05) is 24.3 Å². The summed E-state index contributed by atoms with van der Waals surface area (Å²) < 4.78 is 1.65. The summed E-state index contributed by atoms with van der Waals surface area (Å²) in [6.45, 7) is 0. The number of carbonyl (C=O) groups excluding carboxylic acids is 1. The minimum absolute atomic E-state index is 0.151. The maximum absolute atomic E-state index is 12.5. The highest BCUT2D eigenvalue weighted by Crippen LogP contribution is 2.28. The average Bonchev–Trinajstić information content (AvgIpc) is 2.56. The number of rotatable bonds is 3. The van der Waals surface area contributed by atoms with Crippen molar-refractivity contribution >= 4 is 5.91 Å². The number of aromatic nitrogens is 1. The Morgan fingerprint density at radius 2 is 1.65 bits per heavy atom. The second-order valence-electron chi connectivity index (χ2n) is 6.92. The van der Waals surface area contributed by atoms with Gasteiger partial charge in [-0.25, -0.2) is 0 Å². The van der Waals surface area contributed by atoms with E-state index in [2.05, 4.69) is 5.32 Å². The fourth-order valence-electron chi connectivity index (χ4n) is 3.87. The van der Waals surface area contributed by atoms with Gasteiger partial charge in [-0.15, -0.1) is 0 Å². The molecule has 0 atom stereocenters. The zero-order valence-corrected chi connectivity index (χ0v) is 13.6. The van der Waals surface area contributed by atoms with Crippen molar-refractivity contribution in [1.82, 2.24) is 9.88 Å². The van der Waals surface area contributed by atoms with E-state index < -0.39 is 0 Å². The molecule has 1 amide bonds. The maximum Gasteiger partial charge on any atom is 0.256 e. The molecule has 23 heavy (non-hydrogen) atoms. The van der Waals surface area contributed by atoms with Crippen LogP contribution < -0.4 is 10.9 Å². The van der Waals surface area contributed by atoms with Crippen LogP contribution in [-0.2, 0) is 0 Å². The summed E-state index contributed by atoms with van der Waals surface area (Å²) in [5.41, 5.74) is 0.00404. The minimum Gasteiger partial charge on any atom is -0.507 e. The van der Waals surface area contributed by atoms with Crippen molar-refractivity contribution in [2.45, 2.75) is 76.3 Å². The van der Waals surface area contributed by atoms with E-state index in [9.17, 15) is 14.7 Å². The lowest BCUT2D eigenvalue weighted by Gasteiger charge is -2.25. The summed E-state index contributed by atoms with van der Waals surface area (Å²) >= 11 is 0. The summed E-state index contributed by atoms with van der Waals surface area (Å²) in [4.78, 5) is 24.7. The molecule has 0 aliphatic heterocycles. The molecule has 5 nitrogen and oxygen atoms in total. The van der Waals surface area contributed by atoms with Crippen LogP contribution in [-0.4, -0.2) is 21.6 Å². The molecule has 0 spiro atoms. The third-order valence-corrected chi connectivity index (χ3v) is 5.21. The molecule has 2 saturated carbocycles. The number of amides is 1. The molecule has 2 fully saturated rings. The molecule has 2 N–H and O–H groups in total. The Kier molecular flexibility index (Phi) is 5.03. The van der Waals surface area contributed by atoms with Crippen LogP contribution in [0.5, 0.6) is 5.75 Å². The van der Waals surface area contributed by atoms with E-state index in [1.807, 2.05) is 0 Å². The van der Waals surface area contributed by atoms with Gasteiger partial charge in [0.2, 0.25) is 0 Å². The van der Waals surface area contributed by atoms with Crippen LogP contribution in [0.25, 0.3) is 0 Å². The highest BCUT2D eigenvalue weighted by atomic mass is 16.3. The Morgan fingerprint density at radius 1 is 1.04 bits per heavy atom. The topological polar surface area (TPSA) is 71.3 Å². The molecule has 0 aromatic carbocycles. The van der Waals surface area contributed by atoms with E-state index >= 15 is 0 Å². The zero-order chi connectivity index (χ0) is 16.2. The third kappa shape index (κ3) is 3.77. The fraction of sp³-hybridized carbons (Fsp3) is 0.667. The summed E-state index contributed by atoms with van der Waals surface area (Å²) in [5.74, 6) is -0.477. The van der Waals surface area contributed by atoms with Crippen LogP contribution in [0.1, 0.15) is 80.6 Å². The quantitative estimate of drug-likeness (QED) is 0.899. The molecule has 1 aromatic rings. The van der Waals surface area contributed by atoms with E-state index in [1.165, 1.54) is 18.9 Å². The molecule has 5 heteroatoms. The van der Waals surface area contributed by atoms with E-state index in [4.69, 9.17) is 0 Å². The first-order chi connectivity index (χ1) is 11.1. The van der Waals surface area contributed by atoms with Crippen LogP contribution in [0.3, 0.4) is 0 Å². The average molecular weight is 318 g/mol. The first kappa shape index (κ1) is 16.1. The molecular formula is C18H26N2O3. The van der Waals surface area contributed by atoms with Gasteiger partial charge in [0.25, 0.3) is 11.5 Å². The summed E-state index contributed by atoms with van der Waals surface area (Å²) in [6, 6.07) is 1.52. The van der Waals surface area contributed by atoms with Crippen LogP contribution in [0.4, 0.5) is 0 Å². The molecule has 2 aliphatic rings. The molecule has 3 rings (SSSR count). The molecule has 126 valence electrons. The molecule has 0 radical (unpaired) electrons. The van der Waals surface area contributed by atoms with Crippen molar-refractivity contribution in [2.24, 2.45) is 0 Å². The first-order valence-corrected chi connectivity index (χ1v) is 8.91. The monoisotopic (exact) mass is 318 g/mol. The minimum atomic E-state index is -0.265. The van der Waals surface area contributed by atoms with Crippen LogP contribution in [0.2, 0.25) is 0 Å². The molecule has 0 saturated heterocycles. The van der Waals surface area contributed by atoms with Crippen molar-refractivity contribution in [3.05, 3.63) is 28.2 Å². The highest BCUT2D eigenvalue weighted by Gasteiger charge is 2.22. The predicted octanol–water partition coefficient (Wildman–Crippen LogP) is 3.12. The van der Waals surface area contributed by atoms with Crippen molar-refractivity contribution in [3.8, 4) is 5.75 Å². The van der Waals surface area contributed by atoms with Gasteiger partial charge in [0.1, 0.15) is 5.75 Å². The Balaban J connectivity index is 1.80. The first-order valence-electron chi connectivity index (χ1n) is 8.91. The van der Waals surface area contributed by atoms with Crippen LogP contribution in [0, 0.1) is 0 Å². The normalized spacial score (nSPS) is 20.3. The Morgan fingerprint density at radius 3 is 2.30 bits per heavy atom. The van der Waals surface area contributed by atoms with Crippen LogP contribution >= 0.6 is 0 Å². The fourth-order valence-corrected chi connectivity index (χ4v) is 3.87. The van der Waals surface area contributed by atoms with Gasteiger partial charge in [-0.1, -0.05) is 38.5 Å². The largest absolute Gasteiger partial charge is 0.507 e. The number of hydrogen-bond acceptors (Lipinski definition) is 3. The molecule has 0 unspecified atom stereocenters. The van der Waals surface area contributed by atoms with E-state index in [-0.39, 0.29) is 34.9 Å². The number of carbonyl (C=O) groups is 1. The smallest absolute Gasteiger partial charge is 0.256 e. The standard InChI is InChI=1S/C18H26N2O3/c21-16-11-17(22)20(14-9-5-2-6-10-14)12-15(16)18(23)19-13-7-3-1-4-8-13/h11-14,21H,1-10H2,(H,19,23). The predicted molar refractivity (Wildman–Crippen MR) is 88.8 cm³/mol. The Bertz CT molecular complexity index is 611. The van der Waals surface area contributed by atoms with Gasteiger partial charge in [0.05, 0.1) is 5.56 Å². The number of aromatic hydroxyl groups is 1. The number of nitrogens with one attached hydrogen (secondary N) is 1. The van der Waals surface area contributed by atoms with Gasteiger partial charge < -0.3 is 15.0 Å². The second-order valence-corrected chi connectivity index (χ2v) is 6.92. The highest BCUT2D eigenvalue weighted by molar-refractivity contribution is 5.96. The Labute approximate surface area is 136 Å². The Hall–Kier alpha value is -1.78. The lowest BCUT2D eigenvalue weighted by molar-refractivity contribution is 0.0923. The summed E-state index contributed by atoms with van der Waals surface area (Å²) in [7, 11) is 0. The SMILES string of the molecule is O=C(NC1CCCCC1)c1cn(C2CCCCC2)c(=O)cc1O. The molecule has 1 heterocycles. The second kappa shape index (κ2) is 7.20. The van der Waals surface area contributed by atoms with E-state index in [1.54, 1.807) is 10.8 Å². The van der Waals surface area contributed by atoms with Gasteiger partial charge in [-0.2, -0.15) is 0 Å². The van der Waals surface area contributed by atoms with Gasteiger partial charge >= 0.3 is 0 Å². The lowest BCUT2D eigenvalue weighted by Crippen LogP contribution is -2.37. The van der Waals surface area contributed by atoms with Gasteiger partial charge in [-0.3, -0.25) is 9.59 Å². The summed E-state index contributed by atoms with van der Waals surface area (Å²) in [6.07, 6.45) is 12.4. The van der Waals surface area contributed by atoms with Crippen molar-refractivity contribution in [1.29, 1.82) is 0 Å². The van der Waals surface area contributed by atoms with Crippen molar-refractivity contribution in [3.63, 3.8) is 0 Å². The van der Waals surface area contributed by atoms with Crippen LogP contribution in [0.15, 0.2) is 17.1 Å². The van der Waals surface area contributed by atoms with Crippen molar-refractivity contribution in [2.75, 3.05) is 0 Å².